The Hall–Kier alpha value is -1.62. The first-order valence-corrected chi connectivity index (χ1v) is 8.27. The lowest BCUT2D eigenvalue weighted by atomic mass is 9.92. The molecular formula is C18H27FN2O2. The van der Waals surface area contributed by atoms with E-state index in [0.29, 0.717) is 19.0 Å². The quantitative estimate of drug-likeness (QED) is 0.918. The Kier molecular flexibility index (Phi) is 5.63. The summed E-state index contributed by atoms with van der Waals surface area (Å²) in [5.41, 5.74) is 0.581. The predicted molar refractivity (Wildman–Crippen MR) is 88.7 cm³/mol. The molecule has 5 heteroatoms. The zero-order chi connectivity index (χ0) is 17.0. The zero-order valence-electron chi connectivity index (χ0n) is 14.4. The Bertz CT molecular complexity index is 525. The average molecular weight is 322 g/mol. The van der Waals surface area contributed by atoms with Crippen LogP contribution in [-0.2, 0) is 4.74 Å². The van der Waals surface area contributed by atoms with Crippen molar-refractivity contribution in [3.8, 4) is 0 Å². The van der Waals surface area contributed by atoms with E-state index in [2.05, 4.69) is 12.2 Å². The van der Waals surface area contributed by atoms with Crippen LogP contribution in [-0.4, -0.2) is 36.2 Å². The molecule has 0 spiro atoms. The maximum Gasteiger partial charge on any atom is 0.410 e. The molecule has 0 aromatic heterocycles. The largest absolute Gasteiger partial charge is 0.444 e. The lowest BCUT2D eigenvalue weighted by Gasteiger charge is -2.27. The Morgan fingerprint density at radius 1 is 1.39 bits per heavy atom. The second kappa shape index (κ2) is 7.30. The smallest absolute Gasteiger partial charge is 0.410 e. The number of amides is 1. The first kappa shape index (κ1) is 17.7. The molecule has 1 aliphatic heterocycles. The number of halogens is 1. The molecule has 1 saturated heterocycles. The molecule has 128 valence electrons. The van der Waals surface area contributed by atoms with Gasteiger partial charge in [0.05, 0.1) is 0 Å². The fourth-order valence-corrected chi connectivity index (χ4v) is 3.00. The van der Waals surface area contributed by atoms with Crippen molar-refractivity contribution in [2.24, 2.45) is 5.92 Å². The molecule has 1 aromatic rings. The van der Waals surface area contributed by atoms with Crippen LogP contribution in [0.25, 0.3) is 0 Å². The molecule has 1 fully saturated rings. The molecule has 0 bridgehead atoms. The van der Waals surface area contributed by atoms with Gasteiger partial charge in [-0.15, -0.1) is 0 Å². The third kappa shape index (κ3) is 4.93. The molecule has 1 amide bonds. The van der Waals surface area contributed by atoms with Crippen molar-refractivity contribution in [3.05, 3.63) is 35.6 Å². The van der Waals surface area contributed by atoms with Gasteiger partial charge in [0.25, 0.3) is 0 Å². The lowest BCUT2D eigenvalue weighted by molar-refractivity contribution is 0.0285. The number of hydrogen-bond donors (Lipinski definition) is 1. The van der Waals surface area contributed by atoms with Gasteiger partial charge in [-0.05, 0) is 57.4 Å². The molecule has 0 radical (unpaired) electrons. The summed E-state index contributed by atoms with van der Waals surface area (Å²) in [6.45, 7) is 9.85. The summed E-state index contributed by atoms with van der Waals surface area (Å²) in [6.07, 6.45) is 0.656. The standard InChI is InChI=1S/C18H27FN2O2/c1-5-20-16(13-6-8-15(19)9-7-13)14-10-11-21(12-14)17(22)23-18(2,3)4/h6-9,14,16,20H,5,10-12H2,1-4H3. The van der Waals surface area contributed by atoms with Gasteiger partial charge < -0.3 is 15.0 Å². The number of carbonyl (C=O) groups is 1. The first-order chi connectivity index (χ1) is 10.8. The average Bonchev–Trinajstić information content (AvgIpc) is 2.94. The van der Waals surface area contributed by atoms with Crippen LogP contribution >= 0.6 is 0 Å². The van der Waals surface area contributed by atoms with Gasteiger partial charge in [0.15, 0.2) is 0 Å². The number of nitrogens with zero attached hydrogens (tertiary/aromatic N) is 1. The molecule has 2 rings (SSSR count). The van der Waals surface area contributed by atoms with E-state index in [1.807, 2.05) is 32.9 Å². The maximum atomic E-state index is 13.1. The van der Waals surface area contributed by atoms with E-state index in [-0.39, 0.29) is 18.0 Å². The number of benzene rings is 1. The van der Waals surface area contributed by atoms with E-state index >= 15 is 0 Å². The number of rotatable bonds is 4. The van der Waals surface area contributed by atoms with Crippen molar-refractivity contribution in [1.29, 1.82) is 0 Å². The number of ether oxygens (including phenoxy) is 1. The molecule has 1 N–H and O–H groups in total. The van der Waals surface area contributed by atoms with Crippen LogP contribution in [0, 0.1) is 11.7 Å². The summed E-state index contributed by atoms with van der Waals surface area (Å²) < 4.78 is 18.6. The van der Waals surface area contributed by atoms with Crippen LogP contribution in [0.2, 0.25) is 0 Å². The molecule has 2 atom stereocenters. The summed E-state index contributed by atoms with van der Waals surface area (Å²) in [4.78, 5) is 14.0. The van der Waals surface area contributed by atoms with Crippen molar-refractivity contribution in [2.75, 3.05) is 19.6 Å². The Morgan fingerprint density at radius 3 is 2.61 bits per heavy atom. The number of hydrogen-bond acceptors (Lipinski definition) is 3. The second-order valence-corrected chi connectivity index (χ2v) is 7.06. The summed E-state index contributed by atoms with van der Waals surface area (Å²) in [7, 11) is 0. The van der Waals surface area contributed by atoms with Gasteiger partial charge in [0, 0.05) is 19.1 Å². The minimum Gasteiger partial charge on any atom is -0.444 e. The fourth-order valence-electron chi connectivity index (χ4n) is 3.00. The van der Waals surface area contributed by atoms with E-state index < -0.39 is 5.60 Å². The van der Waals surface area contributed by atoms with Gasteiger partial charge in [0.2, 0.25) is 0 Å². The van der Waals surface area contributed by atoms with E-state index in [1.54, 1.807) is 4.90 Å². The van der Waals surface area contributed by atoms with Crippen LogP contribution in [0.3, 0.4) is 0 Å². The highest BCUT2D eigenvalue weighted by Crippen LogP contribution is 2.31. The summed E-state index contributed by atoms with van der Waals surface area (Å²) in [6, 6.07) is 6.73. The molecule has 1 heterocycles. The highest BCUT2D eigenvalue weighted by Gasteiger charge is 2.34. The molecule has 4 nitrogen and oxygen atoms in total. The highest BCUT2D eigenvalue weighted by atomic mass is 19.1. The second-order valence-electron chi connectivity index (χ2n) is 7.06. The van der Waals surface area contributed by atoms with Gasteiger partial charge in [-0.1, -0.05) is 19.1 Å². The molecule has 1 aliphatic rings. The Balaban J connectivity index is 2.04. The van der Waals surface area contributed by atoms with Crippen LogP contribution in [0.5, 0.6) is 0 Å². The van der Waals surface area contributed by atoms with Crippen LogP contribution in [0.15, 0.2) is 24.3 Å². The third-order valence-electron chi connectivity index (χ3n) is 4.00. The van der Waals surface area contributed by atoms with Crippen molar-refractivity contribution in [3.63, 3.8) is 0 Å². The molecule has 23 heavy (non-hydrogen) atoms. The van der Waals surface area contributed by atoms with Gasteiger partial charge in [-0.25, -0.2) is 9.18 Å². The monoisotopic (exact) mass is 322 g/mol. The number of likely N-dealkylation sites (tertiary alicyclic amines) is 1. The summed E-state index contributed by atoms with van der Waals surface area (Å²) >= 11 is 0. The third-order valence-corrected chi connectivity index (χ3v) is 4.00. The Labute approximate surface area is 138 Å². The first-order valence-electron chi connectivity index (χ1n) is 8.27. The van der Waals surface area contributed by atoms with Gasteiger partial charge in [-0.2, -0.15) is 0 Å². The Morgan fingerprint density at radius 2 is 2.04 bits per heavy atom. The lowest BCUT2D eigenvalue weighted by Crippen LogP contribution is -2.36. The van der Waals surface area contributed by atoms with Crippen molar-refractivity contribution in [1.82, 2.24) is 10.2 Å². The van der Waals surface area contributed by atoms with E-state index in [1.165, 1.54) is 12.1 Å². The maximum absolute atomic E-state index is 13.1. The normalized spacial score (nSPS) is 19.7. The highest BCUT2D eigenvalue weighted by molar-refractivity contribution is 5.68. The summed E-state index contributed by atoms with van der Waals surface area (Å²) in [5, 5.41) is 3.47. The van der Waals surface area contributed by atoms with Gasteiger partial charge >= 0.3 is 6.09 Å². The van der Waals surface area contributed by atoms with Crippen LogP contribution in [0.1, 0.15) is 45.7 Å². The molecule has 0 aliphatic carbocycles. The molecule has 0 saturated carbocycles. The van der Waals surface area contributed by atoms with E-state index in [4.69, 9.17) is 4.74 Å². The minimum absolute atomic E-state index is 0.119. The van der Waals surface area contributed by atoms with Crippen molar-refractivity contribution < 1.29 is 13.9 Å². The zero-order valence-corrected chi connectivity index (χ0v) is 14.4. The van der Waals surface area contributed by atoms with Crippen molar-refractivity contribution >= 4 is 6.09 Å². The van der Waals surface area contributed by atoms with Crippen LogP contribution < -0.4 is 5.32 Å². The SMILES string of the molecule is CCNC(c1ccc(F)cc1)C1CCN(C(=O)OC(C)(C)C)C1. The number of nitrogens with one attached hydrogen (secondary N) is 1. The topological polar surface area (TPSA) is 41.6 Å². The molecule has 1 aromatic carbocycles. The predicted octanol–water partition coefficient (Wildman–Crippen LogP) is 3.73. The van der Waals surface area contributed by atoms with Crippen molar-refractivity contribution in [2.45, 2.75) is 45.8 Å². The van der Waals surface area contributed by atoms with E-state index in [9.17, 15) is 9.18 Å². The van der Waals surface area contributed by atoms with E-state index in [0.717, 1.165) is 18.5 Å². The number of carbonyl (C=O) groups excluding carboxylic acids is 1. The van der Waals surface area contributed by atoms with Gasteiger partial charge in [-0.3, -0.25) is 0 Å². The molecular weight excluding hydrogens is 295 g/mol. The minimum atomic E-state index is -0.479. The van der Waals surface area contributed by atoms with Crippen LogP contribution in [0.4, 0.5) is 9.18 Å². The van der Waals surface area contributed by atoms with Gasteiger partial charge in [0.1, 0.15) is 11.4 Å². The molecule has 2 unspecified atom stereocenters. The summed E-state index contributed by atoms with van der Waals surface area (Å²) in [5.74, 6) is 0.0683. The fraction of sp³-hybridized carbons (Fsp3) is 0.611.